The van der Waals surface area contributed by atoms with E-state index in [1.807, 2.05) is 6.92 Å². The monoisotopic (exact) mass is 251 g/mol. The highest BCUT2D eigenvalue weighted by Crippen LogP contribution is 2.49. The van der Waals surface area contributed by atoms with Gasteiger partial charge in [-0.05, 0) is 44.1 Å². The van der Waals surface area contributed by atoms with Crippen LogP contribution in [0.15, 0.2) is 0 Å². The largest absolute Gasteiger partial charge is 0.391 e. The zero-order valence-electron chi connectivity index (χ0n) is 10.2. The molecule has 2 rings (SSSR count). The first-order chi connectivity index (χ1) is 7.84. The van der Waals surface area contributed by atoms with Crippen molar-refractivity contribution < 1.29 is 17.9 Å². The Bertz CT molecular complexity index is 273. The number of alkyl halides is 3. The average molecular weight is 251 g/mol. The molecule has 17 heavy (non-hydrogen) atoms. The topological polar surface area (TPSA) is 35.2 Å². The van der Waals surface area contributed by atoms with Crippen molar-refractivity contribution in [1.82, 2.24) is 0 Å². The van der Waals surface area contributed by atoms with Crippen molar-refractivity contribution in [2.45, 2.75) is 45.1 Å². The van der Waals surface area contributed by atoms with Crippen LogP contribution in [0.25, 0.3) is 0 Å². The maximum absolute atomic E-state index is 12.8. The third-order valence-electron chi connectivity index (χ3n) is 4.58. The van der Waals surface area contributed by atoms with Crippen molar-refractivity contribution in [2.24, 2.45) is 29.4 Å². The van der Waals surface area contributed by atoms with Crippen LogP contribution in [-0.2, 0) is 4.74 Å². The van der Waals surface area contributed by atoms with Crippen molar-refractivity contribution in [3.8, 4) is 0 Å². The molecule has 0 bridgehead atoms. The van der Waals surface area contributed by atoms with E-state index < -0.39 is 12.1 Å². The molecule has 0 aromatic carbocycles. The lowest BCUT2D eigenvalue weighted by atomic mass is 9.68. The standard InChI is InChI=1S/C12H20F3NO/c1-6-7(2)17-10-4-9(12(13,14)15)3-8(5-16)11(6)10/h6-11H,3-5,16H2,1-2H3/t6-,7+,8+,9+,10-,11+/m1/s1. The molecule has 1 aliphatic carbocycles. The highest BCUT2D eigenvalue weighted by atomic mass is 19.4. The summed E-state index contributed by atoms with van der Waals surface area (Å²) in [5, 5.41) is 0. The highest BCUT2D eigenvalue weighted by molar-refractivity contribution is 4.97. The third kappa shape index (κ3) is 2.32. The van der Waals surface area contributed by atoms with Crippen LogP contribution in [0.2, 0.25) is 0 Å². The third-order valence-corrected chi connectivity index (χ3v) is 4.58. The molecule has 1 aliphatic heterocycles. The summed E-state index contributed by atoms with van der Waals surface area (Å²) in [6, 6.07) is 0. The van der Waals surface area contributed by atoms with E-state index in [-0.39, 0.29) is 36.9 Å². The average Bonchev–Trinajstić information content (AvgIpc) is 2.52. The summed E-state index contributed by atoms with van der Waals surface area (Å²) in [5.74, 6) is -0.786. The molecule has 1 saturated heterocycles. The van der Waals surface area contributed by atoms with E-state index in [1.54, 1.807) is 0 Å². The molecule has 0 unspecified atom stereocenters. The van der Waals surface area contributed by atoms with Crippen LogP contribution in [0.4, 0.5) is 13.2 Å². The van der Waals surface area contributed by atoms with E-state index in [9.17, 15) is 13.2 Å². The molecule has 0 radical (unpaired) electrons. The van der Waals surface area contributed by atoms with Gasteiger partial charge in [0.25, 0.3) is 0 Å². The number of halogens is 3. The number of nitrogens with two attached hydrogens (primary N) is 1. The first-order valence-corrected chi connectivity index (χ1v) is 6.26. The van der Waals surface area contributed by atoms with Gasteiger partial charge in [-0.2, -0.15) is 13.2 Å². The van der Waals surface area contributed by atoms with Gasteiger partial charge in [0.05, 0.1) is 18.1 Å². The van der Waals surface area contributed by atoms with Crippen molar-refractivity contribution in [3.05, 3.63) is 0 Å². The summed E-state index contributed by atoms with van der Waals surface area (Å²) in [7, 11) is 0. The van der Waals surface area contributed by atoms with E-state index in [0.29, 0.717) is 12.5 Å². The Hall–Kier alpha value is -0.290. The Balaban J connectivity index is 2.16. The van der Waals surface area contributed by atoms with Crippen LogP contribution in [0.5, 0.6) is 0 Å². The van der Waals surface area contributed by atoms with E-state index in [4.69, 9.17) is 10.5 Å². The van der Waals surface area contributed by atoms with Gasteiger partial charge in [0, 0.05) is 0 Å². The van der Waals surface area contributed by atoms with E-state index in [2.05, 4.69) is 6.92 Å². The lowest BCUT2D eigenvalue weighted by Crippen LogP contribution is -2.43. The number of hydrogen-bond donors (Lipinski definition) is 1. The predicted molar refractivity (Wildman–Crippen MR) is 58.3 cm³/mol. The van der Waals surface area contributed by atoms with E-state index in [0.717, 1.165) is 0 Å². The summed E-state index contributed by atoms with van der Waals surface area (Å²) in [6.45, 7) is 4.33. The lowest BCUT2D eigenvalue weighted by Gasteiger charge is -2.39. The molecule has 1 heterocycles. The molecule has 0 amide bonds. The van der Waals surface area contributed by atoms with Crippen LogP contribution >= 0.6 is 0 Å². The number of hydrogen-bond acceptors (Lipinski definition) is 2. The van der Waals surface area contributed by atoms with Crippen LogP contribution < -0.4 is 5.73 Å². The SMILES string of the molecule is C[C@H]1[C@H]2[C@H](CN)C[C@H](C(F)(F)F)C[C@H]2O[C@H]1C. The normalized spacial score (nSPS) is 46.9. The molecule has 1 saturated carbocycles. The number of ether oxygens (including phenoxy) is 1. The molecular formula is C12H20F3NO. The highest BCUT2D eigenvalue weighted by Gasteiger charge is 2.53. The Morgan fingerprint density at radius 3 is 2.41 bits per heavy atom. The molecule has 0 spiro atoms. The fourth-order valence-corrected chi connectivity index (χ4v) is 3.51. The Labute approximate surface area is 99.7 Å². The van der Waals surface area contributed by atoms with Crippen LogP contribution in [-0.4, -0.2) is 24.9 Å². The summed E-state index contributed by atoms with van der Waals surface area (Å²) in [6.07, 6.45) is -4.04. The maximum atomic E-state index is 12.8. The first kappa shape index (κ1) is 13.1. The van der Waals surface area contributed by atoms with Crippen molar-refractivity contribution in [3.63, 3.8) is 0 Å². The zero-order valence-corrected chi connectivity index (χ0v) is 10.2. The van der Waals surface area contributed by atoms with Gasteiger partial charge in [-0.25, -0.2) is 0 Å². The molecule has 100 valence electrons. The quantitative estimate of drug-likeness (QED) is 0.777. The molecule has 2 fully saturated rings. The maximum Gasteiger partial charge on any atom is 0.391 e. The van der Waals surface area contributed by atoms with Crippen molar-refractivity contribution >= 4 is 0 Å². The molecule has 2 aliphatic rings. The summed E-state index contributed by atoms with van der Waals surface area (Å²) < 4.78 is 44.1. The molecule has 0 aromatic heterocycles. The summed E-state index contributed by atoms with van der Waals surface area (Å²) >= 11 is 0. The minimum Gasteiger partial charge on any atom is -0.375 e. The van der Waals surface area contributed by atoms with Gasteiger partial charge in [0.1, 0.15) is 0 Å². The smallest absolute Gasteiger partial charge is 0.375 e. The van der Waals surface area contributed by atoms with Gasteiger partial charge in [0.15, 0.2) is 0 Å². The van der Waals surface area contributed by atoms with Crippen LogP contribution in [0.1, 0.15) is 26.7 Å². The van der Waals surface area contributed by atoms with Crippen molar-refractivity contribution in [2.75, 3.05) is 6.54 Å². The second-order valence-corrected chi connectivity index (χ2v) is 5.52. The number of rotatable bonds is 1. The molecular weight excluding hydrogens is 231 g/mol. The van der Waals surface area contributed by atoms with Gasteiger partial charge in [0.2, 0.25) is 0 Å². The fraction of sp³-hybridized carbons (Fsp3) is 1.00. The molecule has 6 atom stereocenters. The van der Waals surface area contributed by atoms with Gasteiger partial charge < -0.3 is 10.5 Å². The Kier molecular flexibility index (Phi) is 3.42. The molecule has 2 nitrogen and oxygen atoms in total. The van der Waals surface area contributed by atoms with Gasteiger partial charge in [-0.1, -0.05) is 6.92 Å². The molecule has 2 N–H and O–H groups in total. The zero-order chi connectivity index (χ0) is 12.8. The van der Waals surface area contributed by atoms with Gasteiger partial charge in [-0.15, -0.1) is 0 Å². The molecule has 5 heteroatoms. The summed E-state index contributed by atoms with van der Waals surface area (Å²) in [4.78, 5) is 0. The minimum absolute atomic E-state index is 0.0473. The van der Waals surface area contributed by atoms with E-state index in [1.165, 1.54) is 0 Å². The second-order valence-electron chi connectivity index (χ2n) is 5.52. The first-order valence-electron chi connectivity index (χ1n) is 6.26. The second kappa shape index (κ2) is 4.43. The predicted octanol–water partition coefficient (Wildman–Crippen LogP) is 2.57. The van der Waals surface area contributed by atoms with Crippen LogP contribution in [0.3, 0.4) is 0 Å². The summed E-state index contributed by atoms with van der Waals surface area (Å²) in [5.41, 5.74) is 5.65. The van der Waals surface area contributed by atoms with Crippen LogP contribution in [0, 0.1) is 23.7 Å². The number of fused-ring (bicyclic) bond motifs is 1. The fourth-order valence-electron chi connectivity index (χ4n) is 3.51. The van der Waals surface area contributed by atoms with Gasteiger partial charge >= 0.3 is 6.18 Å². The van der Waals surface area contributed by atoms with E-state index >= 15 is 0 Å². The Morgan fingerprint density at radius 2 is 1.88 bits per heavy atom. The van der Waals surface area contributed by atoms with Gasteiger partial charge in [-0.3, -0.25) is 0 Å². The lowest BCUT2D eigenvalue weighted by molar-refractivity contribution is -0.199. The molecule has 0 aromatic rings. The minimum atomic E-state index is -4.11. The Morgan fingerprint density at radius 1 is 1.24 bits per heavy atom. The van der Waals surface area contributed by atoms with Crippen molar-refractivity contribution in [1.29, 1.82) is 0 Å².